The second-order valence-corrected chi connectivity index (χ2v) is 3.07. The number of aromatic nitrogens is 3. The van der Waals surface area contributed by atoms with Gasteiger partial charge in [-0.05, 0) is 30.5 Å². The lowest BCUT2D eigenvalue weighted by Gasteiger charge is -2.24. The van der Waals surface area contributed by atoms with E-state index in [0.29, 0.717) is 0 Å². The highest BCUT2D eigenvalue weighted by atomic mass is 15.5. The van der Waals surface area contributed by atoms with E-state index in [9.17, 15) is 0 Å². The monoisotopic (exact) mass is 191 g/mol. The van der Waals surface area contributed by atoms with Gasteiger partial charge in [0.05, 0.1) is 0 Å². The fourth-order valence-corrected chi connectivity index (χ4v) is 1.36. The molecule has 0 bridgehead atoms. The van der Waals surface area contributed by atoms with Gasteiger partial charge in [-0.1, -0.05) is 5.11 Å². The predicted octanol–water partition coefficient (Wildman–Crippen LogP) is 1.26. The average molecular weight is 191 g/mol. The summed E-state index contributed by atoms with van der Waals surface area (Å²) in [4.78, 5) is 2.78. The molecule has 0 aliphatic carbocycles. The van der Waals surface area contributed by atoms with Crippen molar-refractivity contribution in [2.75, 3.05) is 5.43 Å². The lowest BCUT2D eigenvalue weighted by Crippen LogP contribution is -2.32. The highest BCUT2D eigenvalue weighted by Crippen LogP contribution is 2.23. The Labute approximate surface area is 80.0 Å². The smallest absolute Gasteiger partial charge is 0.178 e. The van der Waals surface area contributed by atoms with E-state index in [1.807, 2.05) is 13.8 Å². The van der Waals surface area contributed by atoms with Crippen molar-refractivity contribution in [3.63, 3.8) is 0 Å². The molecule has 0 aromatic carbocycles. The molecule has 1 aliphatic heterocycles. The first-order valence-corrected chi connectivity index (χ1v) is 4.12. The van der Waals surface area contributed by atoms with Crippen molar-refractivity contribution >= 4 is 5.57 Å². The van der Waals surface area contributed by atoms with Gasteiger partial charge in [-0.2, -0.15) is 0 Å². The number of fused-ring (bicyclic) bond motifs is 1. The lowest BCUT2D eigenvalue weighted by atomic mass is 10.1. The van der Waals surface area contributed by atoms with Crippen LogP contribution in [0.1, 0.15) is 19.7 Å². The molecule has 1 N–H and O–H groups in total. The van der Waals surface area contributed by atoms with Crippen molar-refractivity contribution in [3.05, 3.63) is 28.2 Å². The van der Waals surface area contributed by atoms with Crippen LogP contribution in [-0.2, 0) is 0 Å². The lowest BCUT2D eigenvalue weighted by molar-refractivity contribution is 0.696. The van der Waals surface area contributed by atoms with Crippen LogP contribution in [0.3, 0.4) is 0 Å². The molecule has 7 nitrogen and oxygen atoms in total. The maximum atomic E-state index is 8.38. The average Bonchev–Trinajstić information content (AvgIpc) is 2.62. The van der Waals surface area contributed by atoms with Crippen molar-refractivity contribution in [1.82, 2.24) is 14.9 Å². The number of allylic oxidation sites excluding steroid dienone is 1. The van der Waals surface area contributed by atoms with Crippen LogP contribution >= 0.6 is 0 Å². The fraction of sp³-hybridized carbons (Fsp3) is 0.429. The number of rotatable bonds is 1. The van der Waals surface area contributed by atoms with Gasteiger partial charge in [0.2, 0.25) is 0 Å². The molecule has 0 spiro atoms. The molecule has 1 atom stereocenters. The van der Waals surface area contributed by atoms with Crippen LogP contribution in [-0.4, -0.2) is 21.0 Å². The molecule has 0 saturated heterocycles. The van der Waals surface area contributed by atoms with Gasteiger partial charge in [-0.25, -0.2) is 4.68 Å². The summed E-state index contributed by atoms with van der Waals surface area (Å²) in [5.41, 5.74) is 13.3. The van der Waals surface area contributed by atoms with Crippen LogP contribution in [0.2, 0.25) is 0 Å². The minimum Gasteiger partial charge on any atom is -0.310 e. The molecular weight excluding hydrogens is 182 g/mol. The van der Waals surface area contributed by atoms with E-state index in [-0.39, 0.29) is 6.17 Å². The molecule has 1 aromatic heterocycles. The van der Waals surface area contributed by atoms with E-state index in [2.05, 4.69) is 25.6 Å². The summed E-state index contributed by atoms with van der Waals surface area (Å²) < 4.78 is 1.65. The highest BCUT2D eigenvalue weighted by molar-refractivity contribution is 5.64. The summed E-state index contributed by atoms with van der Waals surface area (Å²) in [6.45, 7) is 3.83. The Bertz CT molecular complexity index is 437. The third-order valence-corrected chi connectivity index (χ3v) is 2.31. The number of hydrogen-bond donors (Lipinski definition) is 1. The molecule has 2 heterocycles. The second-order valence-electron chi connectivity index (χ2n) is 3.07. The maximum Gasteiger partial charge on any atom is 0.178 e. The molecule has 0 fully saturated rings. The third-order valence-electron chi connectivity index (χ3n) is 2.31. The Balaban J connectivity index is 2.51. The number of azide groups is 1. The van der Waals surface area contributed by atoms with Gasteiger partial charge < -0.3 is 5.43 Å². The molecule has 1 unspecified atom stereocenters. The van der Waals surface area contributed by atoms with Gasteiger partial charge in [0.15, 0.2) is 5.82 Å². The van der Waals surface area contributed by atoms with Crippen LogP contribution in [0.5, 0.6) is 0 Å². The summed E-state index contributed by atoms with van der Waals surface area (Å²) in [7, 11) is 0. The molecule has 0 amide bonds. The highest BCUT2D eigenvalue weighted by Gasteiger charge is 2.21. The van der Waals surface area contributed by atoms with Crippen LogP contribution in [0.4, 0.5) is 0 Å². The molecular formula is C7H9N7. The van der Waals surface area contributed by atoms with Crippen molar-refractivity contribution in [1.29, 1.82) is 0 Å². The zero-order chi connectivity index (χ0) is 10.1. The van der Waals surface area contributed by atoms with Crippen molar-refractivity contribution in [2.45, 2.75) is 20.0 Å². The number of nitrogens with one attached hydrogen (secondary N) is 1. The molecule has 1 aromatic rings. The summed E-state index contributed by atoms with van der Waals surface area (Å²) in [5, 5.41) is 11.3. The summed E-state index contributed by atoms with van der Waals surface area (Å²) in [5.74, 6) is 0.756. The summed E-state index contributed by atoms with van der Waals surface area (Å²) >= 11 is 0. The third kappa shape index (κ3) is 1.11. The van der Waals surface area contributed by atoms with E-state index >= 15 is 0 Å². The minimum absolute atomic E-state index is 0.358. The zero-order valence-corrected chi connectivity index (χ0v) is 7.84. The van der Waals surface area contributed by atoms with Crippen LogP contribution < -0.4 is 5.43 Å². The Morgan fingerprint density at radius 2 is 2.43 bits per heavy atom. The first-order chi connectivity index (χ1) is 6.74. The van der Waals surface area contributed by atoms with E-state index in [1.165, 1.54) is 0 Å². The predicted molar refractivity (Wildman–Crippen MR) is 50.6 cm³/mol. The van der Waals surface area contributed by atoms with Crippen LogP contribution in [0, 0.1) is 0 Å². The molecule has 14 heavy (non-hydrogen) atoms. The largest absolute Gasteiger partial charge is 0.310 e. The Morgan fingerprint density at radius 1 is 1.64 bits per heavy atom. The van der Waals surface area contributed by atoms with Gasteiger partial charge in [-0.15, -0.1) is 10.2 Å². The molecule has 0 radical (unpaired) electrons. The Morgan fingerprint density at radius 3 is 3.14 bits per heavy atom. The van der Waals surface area contributed by atoms with Crippen molar-refractivity contribution in [3.8, 4) is 0 Å². The molecule has 0 saturated carbocycles. The van der Waals surface area contributed by atoms with Gasteiger partial charge in [0.25, 0.3) is 0 Å². The zero-order valence-electron chi connectivity index (χ0n) is 7.84. The SMILES string of the molecule is CC1=C(C)C(N=[N+]=[N-])Nn2cnnc21. The molecule has 2 rings (SSSR count). The van der Waals surface area contributed by atoms with Gasteiger partial charge in [-0.3, -0.25) is 0 Å². The van der Waals surface area contributed by atoms with Crippen molar-refractivity contribution in [2.24, 2.45) is 5.11 Å². The summed E-state index contributed by atoms with van der Waals surface area (Å²) in [6.07, 6.45) is 1.19. The first-order valence-electron chi connectivity index (χ1n) is 4.12. The van der Waals surface area contributed by atoms with Crippen molar-refractivity contribution < 1.29 is 0 Å². The normalized spacial score (nSPS) is 19.7. The Hall–Kier alpha value is -2.01. The van der Waals surface area contributed by atoms with Gasteiger partial charge in [0.1, 0.15) is 12.5 Å². The van der Waals surface area contributed by atoms with Crippen LogP contribution in [0.15, 0.2) is 17.0 Å². The minimum atomic E-state index is -0.358. The second kappa shape index (κ2) is 3.04. The van der Waals surface area contributed by atoms with Gasteiger partial charge >= 0.3 is 0 Å². The number of hydrogen-bond acceptors (Lipinski definition) is 4. The Kier molecular flexibility index (Phi) is 1.86. The molecule has 1 aliphatic rings. The van der Waals surface area contributed by atoms with E-state index in [1.54, 1.807) is 11.0 Å². The van der Waals surface area contributed by atoms with E-state index < -0.39 is 0 Å². The standard InChI is InChI=1S/C7H9N7/c1-4-5(2)7-11-9-3-14(7)12-6(4)10-13-8/h3,6,12H,1-2H3. The van der Waals surface area contributed by atoms with E-state index in [0.717, 1.165) is 17.0 Å². The van der Waals surface area contributed by atoms with Crippen LogP contribution in [0.25, 0.3) is 16.0 Å². The molecule has 72 valence electrons. The quantitative estimate of drug-likeness (QED) is 0.411. The topological polar surface area (TPSA) is 91.5 Å². The molecule has 7 heteroatoms. The van der Waals surface area contributed by atoms with Gasteiger partial charge in [0, 0.05) is 4.91 Å². The fourth-order valence-electron chi connectivity index (χ4n) is 1.36. The summed E-state index contributed by atoms with van der Waals surface area (Å²) in [6, 6.07) is 0. The first kappa shape index (κ1) is 8.58. The van der Waals surface area contributed by atoms with E-state index in [4.69, 9.17) is 5.53 Å². The number of nitrogens with zero attached hydrogens (tertiary/aromatic N) is 6. The maximum absolute atomic E-state index is 8.38.